The van der Waals surface area contributed by atoms with Crippen molar-refractivity contribution in [2.75, 3.05) is 6.54 Å². The van der Waals surface area contributed by atoms with Gasteiger partial charge in [-0.1, -0.05) is 6.92 Å². The van der Waals surface area contributed by atoms with Crippen LogP contribution in [0.5, 0.6) is 0 Å². The second-order valence-electron chi connectivity index (χ2n) is 3.41. The van der Waals surface area contributed by atoms with Crippen LogP contribution in [0.15, 0.2) is 12.5 Å². The molecule has 5 heteroatoms. The fourth-order valence-electron chi connectivity index (χ4n) is 1.06. The van der Waals surface area contributed by atoms with E-state index in [0.29, 0.717) is 18.8 Å². The number of nitrogens with two attached hydrogens (primary N) is 1. The van der Waals surface area contributed by atoms with Crippen molar-refractivity contribution >= 4 is 5.97 Å². The Hall–Kier alpha value is -1.36. The van der Waals surface area contributed by atoms with E-state index in [1.54, 1.807) is 17.1 Å². The lowest BCUT2D eigenvalue weighted by atomic mass is 10.3. The Kier molecular flexibility index (Phi) is 4.30. The Bertz CT molecular complexity index is 322. The summed E-state index contributed by atoms with van der Waals surface area (Å²) in [5, 5.41) is 0. The summed E-state index contributed by atoms with van der Waals surface area (Å²) in [5.74, 6) is -0.375. The van der Waals surface area contributed by atoms with Crippen molar-refractivity contribution in [1.82, 2.24) is 9.55 Å². The van der Waals surface area contributed by atoms with E-state index >= 15 is 0 Å². The van der Waals surface area contributed by atoms with Crippen LogP contribution in [0.4, 0.5) is 0 Å². The first-order valence-electron chi connectivity index (χ1n) is 5.10. The van der Waals surface area contributed by atoms with Crippen LogP contribution in [-0.2, 0) is 11.3 Å². The van der Waals surface area contributed by atoms with Gasteiger partial charge in [0.15, 0.2) is 5.69 Å². The molecule has 0 radical (unpaired) electrons. The van der Waals surface area contributed by atoms with Crippen molar-refractivity contribution in [3.63, 3.8) is 0 Å². The Balaban J connectivity index is 2.58. The average Bonchev–Trinajstić information content (AvgIpc) is 2.67. The lowest BCUT2D eigenvalue weighted by molar-refractivity contribution is 0.0328. The highest BCUT2D eigenvalue weighted by Gasteiger charge is 2.13. The Morgan fingerprint density at radius 2 is 2.47 bits per heavy atom. The van der Waals surface area contributed by atoms with Gasteiger partial charge in [0.1, 0.15) is 0 Å². The zero-order valence-corrected chi connectivity index (χ0v) is 9.14. The molecule has 1 heterocycles. The largest absolute Gasteiger partial charge is 0.458 e. The van der Waals surface area contributed by atoms with E-state index in [1.807, 2.05) is 13.8 Å². The first-order chi connectivity index (χ1) is 7.17. The molecule has 0 fully saturated rings. The first-order valence-corrected chi connectivity index (χ1v) is 5.10. The summed E-state index contributed by atoms with van der Waals surface area (Å²) in [5.41, 5.74) is 5.72. The molecule has 0 aromatic carbocycles. The molecule has 1 unspecified atom stereocenters. The fourth-order valence-corrected chi connectivity index (χ4v) is 1.06. The first kappa shape index (κ1) is 11.7. The van der Waals surface area contributed by atoms with Crippen LogP contribution in [0, 0.1) is 0 Å². The van der Waals surface area contributed by atoms with Gasteiger partial charge in [0, 0.05) is 19.3 Å². The van der Waals surface area contributed by atoms with Gasteiger partial charge >= 0.3 is 5.97 Å². The summed E-state index contributed by atoms with van der Waals surface area (Å²) in [6, 6.07) is 0. The maximum absolute atomic E-state index is 11.5. The molecule has 1 aromatic rings. The molecule has 0 spiro atoms. The maximum Gasteiger partial charge on any atom is 0.358 e. The van der Waals surface area contributed by atoms with Crippen molar-refractivity contribution in [2.24, 2.45) is 5.73 Å². The second-order valence-corrected chi connectivity index (χ2v) is 3.41. The highest BCUT2D eigenvalue weighted by molar-refractivity contribution is 5.87. The molecule has 0 saturated carbocycles. The molecule has 15 heavy (non-hydrogen) atoms. The van der Waals surface area contributed by atoms with E-state index in [2.05, 4.69) is 4.98 Å². The summed E-state index contributed by atoms with van der Waals surface area (Å²) >= 11 is 0. The van der Waals surface area contributed by atoms with Crippen LogP contribution < -0.4 is 5.73 Å². The van der Waals surface area contributed by atoms with Crippen LogP contribution in [0.3, 0.4) is 0 Å². The third-order valence-corrected chi connectivity index (χ3v) is 2.11. The molecular weight excluding hydrogens is 194 g/mol. The van der Waals surface area contributed by atoms with E-state index in [1.165, 1.54) is 0 Å². The summed E-state index contributed by atoms with van der Waals surface area (Å²) < 4.78 is 6.90. The van der Waals surface area contributed by atoms with Crippen LogP contribution in [0.1, 0.15) is 30.8 Å². The molecule has 1 aromatic heterocycles. The van der Waals surface area contributed by atoms with Crippen molar-refractivity contribution < 1.29 is 9.53 Å². The van der Waals surface area contributed by atoms with Crippen LogP contribution in [-0.4, -0.2) is 28.2 Å². The standard InChI is InChI=1S/C10H17N3O2/c1-3-8(2)15-10(14)9-6-13(5-4-11)7-12-9/h6-8H,3-5,11H2,1-2H3. The zero-order valence-electron chi connectivity index (χ0n) is 9.14. The van der Waals surface area contributed by atoms with Gasteiger partial charge in [-0.15, -0.1) is 0 Å². The van der Waals surface area contributed by atoms with Gasteiger partial charge in [-0.3, -0.25) is 0 Å². The van der Waals surface area contributed by atoms with Crippen molar-refractivity contribution in [3.8, 4) is 0 Å². The fraction of sp³-hybridized carbons (Fsp3) is 0.600. The van der Waals surface area contributed by atoms with E-state index in [0.717, 1.165) is 6.42 Å². The van der Waals surface area contributed by atoms with Gasteiger partial charge in [0.2, 0.25) is 0 Å². The minimum absolute atomic E-state index is 0.0721. The predicted molar refractivity (Wildman–Crippen MR) is 56.4 cm³/mol. The monoisotopic (exact) mass is 211 g/mol. The highest BCUT2D eigenvalue weighted by Crippen LogP contribution is 2.03. The van der Waals surface area contributed by atoms with Crippen LogP contribution in [0.2, 0.25) is 0 Å². The molecule has 1 atom stereocenters. The van der Waals surface area contributed by atoms with E-state index in [-0.39, 0.29) is 12.1 Å². The van der Waals surface area contributed by atoms with Gasteiger partial charge in [-0.25, -0.2) is 9.78 Å². The number of hydrogen-bond donors (Lipinski definition) is 1. The summed E-state index contributed by atoms with van der Waals surface area (Å²) in [4.78, 5) is 15.5. The summed E-state index contributed by atoms with van der Waals surface area (Å²) in [6.07, 6.45) is 3.96. The zero-order chi connectivity index (χ0) is 11.3. The maximum atomic E-state index is 11.5. The smallest absolute Gasteiger partial charge is 0.358 e. The quantitative estimate of drug-likeness (QED) is 0.731. The molecule has 2 N–H and O–H groups in total. The number of esters is 1. The van der Waals surface area contributed by atoms with Crippen molar-refractivity contribution in [3.05, 3.63) is 18.2 Å². The van der Waals surface area contributed by atoms with Gasteiger partial charge in [-0.05, 0) is 13.3 Å². The molecule has 0 aliphatic heterocycles. The lowest BCUT2D eigenvalue weighted by Crippen LogP contribution is -2.14. The van der Waals surface area contributed by atoms with E-state index < -0.39 is 0 Å². The number of ether oxygens (including phenoxy) is 1. The Morgan fingerprint density at radius 1 is 1.73 bits per heavy atom. The van der Waals surface area contributed by atoms with Crippen LogP contribution >= 0.6 is 0 Å². The molecule has 0 aliphatic carbocycles. The number of rotatable bonds is 5. The number of imidazole rings is 1. The minimum atomic E-state index is -0.375. The van der Waals surface area contributed by atoms with Gasteiger partial charge < -0.3 is 15.0 Å². The lowest BCUT2D eigenvalue weighted by Gasteiger charge is -2.08. The predicted octanol–water partition coefficient (Wildman–Crippen LogP) is 0.797. The van der Waals surface area contributed by atoms with Gasteiger partial charge in [-0.2, -0.15) is 0 Å². The molecule has 0 aliphatic rings. The molecule has 1 rings (SSSR count). The Labute approximate surface area is 89.2 Å². The molecule has 84 valence electrons. The summed E-state index contributed by atoms with van der Waals surface area (Å²) in [7, 11) is 0. The third kappa shape index (κ3) is 3.36. The summed E-state index contributed by atoms with van der Waals surface area (Å²) in [6.45, 7) is 5.00. The SMILES string of the molecule is CCC(C)OC(=O)c1cn(CCN)cn1. The van der Waals surface area contributed by atoms with Crippen molar-refractivity contribution in [2.45, 2.75) is 32.9 Å². The number of carbonyl (C=O) groups is 1. The number of aromatic nitrogens is 2. The van der Waals surface area contributed by atoms with Crippen LogP contribution in [0.25, 0.3) is 0 Å². The minimum Gasteiger partial charge on any atom is -0.458 e. The molecule has 0 saturated heterocycles. The van der Waals surface area contributed by atoms with Gasteiger partial charge in [0.25, 0.3) is 0 Å². The molecule has 5 nitrogen and oxygen atoms in total. The number of carbonyl (C=O) groups excluding carboxylic acids is 1. The Morgan fingerprint density at radius 3 is 3.07 bits per heavy atom. The van der Waals surface area contributed by atoms with E-state index in [9.17, 15) is 4.79 Å². The number of nitrogens with zero attached hydrogens (tertiary/aromatic N) is 2. The third-order valence-electron chi connectivity index (χ3n) is 2.11. The topological polar surface area (TPSA) is 70.1 Å². The highest BCUT2D eigenvalue weighted by atomic mass is 16.5. The normalized spacial score (nSPS) is 12.5. The molecule has 0 amide bonds. The van der Waals surface area contributed by atoms with E-state index in [4.69, 9.17) is 10.5 Å². The average molecular weight is 211 g/mol. The van der Waals surface area contributed by atoms with Gasteiger partial charge in [0.05, 0.1) is 12.4 Å². The van der Waals surface area contributed by atoms with Crippen molar-refractivity contribution in [1.29, 1.82) is 0 Å². The number of hydrogen-bond acceptors (Lipinski definition) is 4. The second kappa shape index (κ2) is 5.50. The molecule has 0 bridgehead atoms. The molecular formula is C10H17N3O2.